The number of pyridine rings is 1. The summed E-state index contributed by atoms with van der Waals surface area (Å²) in [6.07, 6.45) is 4.39. The van der Waals surface area contributed by atoms with Crippen LogP contribution < -0.4 is 10.1 Å². The lowest BCUT2D eigenvalue weighted by molar-refractivity contribution is 0.293. The Morgan fingerprint density at radius 1 is 1.15 bits per heavy atom. The van der Waals surface area contributed by atoms with Crippen LogP contribution in [-0.4, -0.2) is 11.0 Å². The molecule has 1 heterocycles. The number of hydrogen-bond acceptors (Lipinski definition) is 3. The van der Waals surface area contributed by atoms with Gasteiger partial charge in [-0.1, -0.05) is 23.7 Å². The van der Waals surface area contributed by atoms with Crippen LogP contribution in [-0.2, 0) is 13.2 Å². The van der Waals surface area contributed by atoms with Gasteiger partial charge in [0.2, 0.25) is 5.88 Å². The molecule has 4 heteroatoms. The number of halogens is 1. The predicted molar refractivity (Wildman–Crippen MR) is 79.9 cm³/mol. The number of benzene rings is 1. The molecule has 0 amide bonds. The summed E-state index contributed by atoms with van der Waals surface area (Å²) in [7, 11) is 0. The van der Waals surface area contributed by atoms with Gasteiger partial charge in [-0.2, -0.15) is 0 Å². The summed E-state index contributed by atoms with van der Waals surface area (Å²) < 4.78 is 5.71. The Hall–Kier alpha value is -1.58. The molecule has 1 N–H and O–H groups in total. The third-order valence-corrected chi connectivity index (χ3v) is 3.52. The standard InChI is InChI=1S/C16H17ClN2O/c17-14-3-1-12(2-4-14)11-20-16-9-13(7-8-18-16)10-19-15-5-6-15/h1-4,7-9,15,19H,5-6,10-11H2. The van der Waals surface area contributed by atoms with E-state index in [2.05, 4.69) is 10.3 Å². The molecule has 1 aromatic heterocycles. The number of rotatable bonds is 6. The molecule has 1 fully saturated rings. The van der Waals surface area contributed by atoms with Crippen LogP contribution in [0.4, 0.5) is 0 Å². The van der Waals surface area contributed by atoms with Gasteiger partial charge in [-0.3, -0.25) is 0 Å². The molecule has 2 aromatic rings. The zero-order valence-electron chi connectivity index (χ0n) is 11.2. The van der Waals surface area contributed by atoms with E-state index in [0.717, 1.165) is 17.1 Å². The first-order chi connectivity index (χ1) is 9.79. The second kappa shape index (κ2) is 6.25. The van der Waals surface area contributed by atoms with E-state index in [4.69, 9.17) is 16.3 Å². The van der Waals surface area contributed by atoms with Gasteiger partial charge in [0.15, 0.2) is 0 Å². The first-order valence-corrected chi connectivity index (χ1v) is 7.23. The van der Waals surface area contributed by atoms with E-state index in [9.17, 15) is 0 Å². The second-order valence-electron chi connectivity index (χ2n) is 5.07. The van der Waals surface area contributed by atoms with Crippen LogP contribution in [0.1, 0.15) is 24.0 Å². The summed E-state index contributed by atoms with van der Waals surface area (Å²) in [5.41, 5.74) is 2.29. The normalized spacial score (nSPS) is 14.2. The molecule has 0 bridgehead atoms. The molecular weight excluding hydrogens is 272 g/mol. The van der Waals surface area contributed by atoms with E-state index < -0.39 is 0 Å². The summed E-state index contributed by atoms with van der Waals surface area (Å²) in [5, 5.41) is 4.22. The van der Waals surface area contributed by atoms with E-state index in [1.807, 2.05) is 36.4 Å². The second-order valence-corrected chi connectivity index (χ2v) is 5.51. The van der Waals surface area contributed by atoms with Crippen molar-refractivity contribution in [2.45, 2.75) is 32.0 Å². The summed E-state index contributed by atoms with van der Waals surface area (Å²) in [6, 6.07) is 12.4. The molecule has 3 rings (SSSR count). The summed E-state index contributed by atoms with van der Waals surface area (Å²) in [6.45, 7) is 1.38. The fourth-order valence-electron chi connectivity index (χ4n) is 1.93. The van der Waals surface area contributed by atoms with Crippen molar-refractivity contribution in [1.29, 1.82) is 0 Å². The smallest absolute Gasteiger partial charge is 0.213 e. The van der Waals surface area contributed by atoms with Crippen LogP contribution >= 0.6 is 11.6 Å². The third kappa shape index (κ3) is 3.95. The quantitative estimate of drug-likeness (QED) is 0.882. The molecule has 0 saturated heterocycles. The third-order valence-electron chi connectivity index (χ3n) is 3.27. The molecule has 0 aliphatic heterocycles. The molecular formula is C16H17ClN2O. The Bertz CT molecular complexity index is 567. The SMILES string of the molecule is Clc1ccc(COc2cc(CNC3CC3)ccn2)cc1. The monoisotopic (exact) mass is 288 g/mol. The van der Waals surface area contributed by atoms with Crippen molar-refractivity contribution in [1.82, 2.24) is 10.3 Å². The molecule has 0 spiro atoms. The van der Waals surface area contributed by atoms with Crippen molar-refractivity contribution < 1.29 is 4.74 Å². The lowest BCUT2D eigenvalue weighted by atomic mass is 10.2. The summed E-state index contributed by atoms with van der Waals surface area (Å²) in [4.78, 5) is 4.24. The summed E-state index contributed by atoms with van der Waals surface area (Å²) in [5.74, 6) is 0.662. The van der Waals surface area contributed by atoms with Crippen molar-refractivity contribution in [2.24, 2.45) is 0 Å². The maximum absolute atomic E-state index is 5.85. The molecule has 1 saturated carbocycles. The Morgan fingerprint density at radius 2 is 1.95 bits per heavy atom. The molecule has 3 nitrogen and oxygen atoms in total. The van der Waals surface area contributed by atoms with Crippen molar-refractivity contribution in [2.75, 3.05) is 0 Å². The first-order valence-electron chi connectivity index (χ1n) is 6.85. The predicted octanol–water partition coefficient (Wildman–Crippen LogP) is 3.57. The molecule has 104 valence electrons. The Morgan fingerprint density at radius 3 is 2.70 bits per heavy atom. The Balaban J connectivity index is 1.56. The number of ether oxygens (including phenoxy) is 1. The Kier molecular flexibility index (Phi) is 4.19. The average molecular weight is 289 g/mol. The lowest BCUT2D eigenvalue weighted by Crippen LogP contribution is -2.15. The number of nitrogens with one attached hydrogen (secondary N) is 1. The fourth-order valence-corrected chi connectivity index (χ4v) is 2.05. The van der Waals surface area contributed by atoms with Gasteiger partial charge in [-0.05, 0) is 42.2 Å². The van der Waals surface area contributed by atoms with Gasteiger partial charge in [0.25, 0.3) is 0 Å². The van der Waals surface area contributed by atoms with E-state index in [1.165, 1.54) is 18.4 Å². The first kappa shape index (κ1) is 13.4. The van der Waals surface area contributed by atoms with Crippen molar-refractivity contribution in [3.63, 3.8) is 0 Å². The van der Waals surface area contributed by atoms with E-state index in [-0.39, 0.29) is 0 Å². The molecule has 0 unspecified atom stereocenters. The van der Waals surface area contributed by atoms with Crippen LogP contribution in [0.15, 0.2) is 42.6 Å². The fraction of sp³-hybridized carbons (Fsp3) is 0.312. The van der Waals surface area contributed by atoms with Crippen molar-refractivity contribution >= 4 is 11.6 Å². The molecule has 0 radical (unpaired) electrons. The highest BCUT2D eigenvalue weighted by Gasteiger charge is 2.19. The lowest BCUT2D eigenvalue weighted by Gasteiger charge is -2.08. The van der Waals surface area contributed by atoms with Gasteiger partial charge in [0, 0.05) is 29.9 Å². The van der Waals surface area contributed by atoms with E-state index in [1.54, 1.807) is 6.20 Å². The van der Waals surface area contributed by atoms with Crippen molar-refractivity contribution in [3.05, 3.63) is 58.7 Å². The molecule has 1 aromatic carbocycles. The zero-order chi connectivity index (χ0) is 13.8. The number of aromatic nitrogens is 1. The van der Waals surface area contributed by atoms with E-state index in [0.29, 0.717) is 18.5 Å². The van der Waals surface area contributed by atoms with Gasteiger partial charge in [-0.15, -0.1) is 0 Å². The van der Waals surface area contributed by atoms with Gasteiger partial charge >= 0.3 is 0 Å². The van der Waals surface area contributed by atoms with Crippen LogP contribution in [0.5, 0.6) is 5.88 Å². The molecule has 0 atom stereocenters. The van der Waals surface area contributed by atoms with Crippen molar-refractivity contribution in [3.8, 4) is 5.88 Å². The van der Waals surface area contributed by atoms with Crippen LogP contribution in [0.25, 0.3) is 0 Å². The van der Waals surface area contributed by atoms with E-state index >= 15 is 0 Å². The van der Waals surface area contributed by atoms with Crippen LogP contribution in [0, 0.1) is 0 Å². The van der Waals surface area contributed by atoms with Crippen LogP contribution in [0.3, 0.4) is 0 Å². The minimum atomic E-state index is 0.504. The highest BCUT2D eigenvalue weighted by Crippen LogP contribution is 2.20. The minimum Gasteiger partial charge on any atom is -0.473 e. The minimum absolute atomic E-state index is 0.504. The Labute approximate surface area is 123 Å². The highest BCUT2D eigenvalue weighted by atomic mass is 35.5. The number of nitrogens with zero attached hydrogens (tertiary/aromatic N) is 1. The van der Waals surface area contributed by atoms with Gasteiger partial charge in [0.05, 0.1) is 0 Å². The molecule has 20 heavy (non-hydrogen) atoms. The van der Waals surface area contributed by atoms with Gasteiger partial charge in [0.1, 0.15) is 6.61 Å². The summed E-state index contributed by atoms with van der Waals surface area (Å²) >= 11 is 5.85. The molecule has 1 aliphatic carbocycles. The maximum atomic E-state index is 5.85. The maximum Gasteiger partial charge on any atom is 0.213 e. The van der Waals surface area contributed by atoms with Crippen LogP contribution in [0.2, 0.25) is 5.02 Å². The van der Waals surface area contributed by atoms with Gasteiger partial charge in [-0.25, -0.2) is 4.98 Å². The largest absolute Gasteiger partial charge is 0.473 e. The highest BCUT2D eigenvalue weighted by molar-refractivity contribution is 6.30. The number of hydrogen-bond donors (Lipinski definition) is 1. The average Bonchev–Trinajstić information content (AvgIpc) is 3.29. The zero-order valence-corrected chi connectivity index (χ0v) is 11.9. The topological polar surface area (TPSA) is 34.1 Å². The van der Waals surface area contributed by atoms with Gasteiger partial charge < -0.3 is 10.1 Å². The molecule has 1 aliphatic rings.